The van der Waals surface area contributed by atoms with Crippen LogP contribution < -0.4 is 0 Å². The fourth-order valence-electron chi connectivity index (χ4n) is 1.83. The Morgan fingerprint density at radius 2 is 1.32 bits per heavy atom. The molecular weight excluding hydrogens is 272 g/mol. The Bertz CT molecular complexity index is 241. The smallest absolute Gasteiger partial charge is 0.322 e. The monoisotopic (exact) mass is 306 g/mol. The van der Waals surface area contributed by atoms with Crippen molar-refractivity contribution in [2.45, 2.75) is 66.7 Å². The molecule has 0 fully saturated rings. The van der Waals surface area contributed by atoms with E-state index >= 15 is 0 Å². The minimum absolute atomic E-state index is 0.548. The second-order valence-electron chi connectivity index (χ2n) is 6.99. The van der Waals surface area contributed by atoms with Crippen LogP contribution in [0, 0.1) is 11.8 Å². The highest BCUT2D eigenvalue weighted by Gasteiger charge is 2.36. The first kappa shape index (κ1) is 19.3. The average molecular weight is 307 g/mol. The molecule has 0 heterocycles. The summed E-state index contributed by atoms with van der Waals surface area (Å²) in [7, 11) is -4.09. The quantitative estimate of drug-likeness (QED) is 0.438. The van der Waals surface area contributed by atoms with Gasteiger partial charge in [0.25, 0.3) is 0 Å². The standard InChI is InChI=1S/C14H34O3Si2/c1-13(2)10-9-11-15-18(5,6)17-19(7,8)16-12-14(3)4/h13-14H,9-12H2,1-8H3. The van der Waals surface area contributed by atoms with E-state index in [9.17, 15) is 0 Å². The molecule has 0 atom stereocenters. The molecule has 0 unspecified atom stereocenters. The van der Waals surface area contributed by atoms with Crippen molar-refractivity contribution in [2.75, 3.05) is 13.2 Å². The summed E-state index contributed by atoms with van der Waals surface area (Å²) in [5.41, 5.74) is 0. The van der Waals surface area contributed by atoms with Crippen LogP contribution in [0.25, 0.3) is 0 Å². The Kier molecular flexibility index (Phi) is 8.71. The molecular formula is C14H34O3Si2. The molecule has 0 aromatic carbocycles. The Morgan fingerprint density at radius 3 is 1.79 bits per heavy atom. The lowest BCUT2D eigenvalue weighted by molar-refractivity contribution is 0.178. The highest BCUT2D eigenvalue weighted by atomic mass is 28.5. The van der Waals surface area contributed by atoms with Gasteiger partial charge in [0.05, 0.1) is 0 Å². The predicted molar refractivity (Wildman–Crippen MR) is 86.9 cm³/mol. The molecule has 0 aromatic rings. The fourth-order valence-corrected chi connectivity index (χ4v) is 8.41. The third-order valence-corrected chi connectivity index (χ3v) is 8.33. The Morgan fingerprint density at radius 1 is 0.789 bits per heavy atom. The zero-order valence-electron chi connectivity index (χ0n) is 14.2. The van der Waals surface area contributed by atoms with Gasteiger partial charge < -0.3 is 13.0 Å². The van der Waals surface area contributed by atoms with Gasteiger partial charge in [-0.2, -0.15) is 0 Å². The zero-order valence-corrected chi connectivity index (χ0v) is 16.2. The molecule has 0 bridgehead atoms. The topological polar surface area (TPSA) is 27.7 Å². The van der Waals surface area contributed by atoms with E-state index in [4.69, 9.17) is 13.0 Å². The summed E-state index contributed by atoms with van der Waals surface area (Å²) in [6.45, 7) is 18.9. The normalized spacial score (nSPS) is 13.6. The minimum Gasteiger partial charge on any atom is -0.415 e. The van der Waals surface area contributed by atoms with E-state index in [1.165, 1.54) is 6.42 Å². The van der Waals surface area contributed by atoms with E-state index in [0.29, 0.717) is 5.92 Å². The molecule has 0 aliphatic rings. The van der Waals surface area contributed by atoms with Gasteiger partial charge in [-0.05, 0) is 50.9 Å². The van der Waals surface area contributed by atoms with Gasteiger partial charge in [-0.1, -0.05) is 27.7 Å². The summed E-state index contributed by atoms with van der Waals surface area (Å²) in [4.78, 5) is 0. The van der Waals surface area contributed by atoms with Crippen molar-refractivity contribution in [1.82, 2.24) is 0 Å². The van der Waals surface area contributed by atoms with Gasteiger partial charge >= 0.3 is 17.1 Å². The van der Waals surface area contributed by atoms with Crippen molar-refractivity contribution in [1.29, 1.82) is 0 Å². The summed E-state index contributed by atoms with van der Waals surface area (Å²) in [6.07, 6.45) is 2.33. The molecule has 0 saturated heterocycles. The summed E-state index contributed by atoms with van der Waals surface area (Å²) in [5, 5.41) is 0. The lowest BCUT2D eigenvalue weighted by atomic mass is 10.1. The van der Waals surface area contributed by atoms with E-state index in [-0.39, 0.29) is 0 Å². The second-order valence-corrected chi connectivity index (χ2v) is 14.0. The van der Waals surface area contributed by atoms with Crippen LogP contribution in [-0.4, -0.2) is 30.3 Å². The Balaban J connectivity index is 4.04. The number of rotatable bonds is 10. The Hall–Kier alpha value is 0.314. The maximum Gasteiger partial charge on any atom is 0.322 e. The highest BCUT2D eigenvalue weighted by Crippen LogP contribution is 2.18. The molecule has 0 spiro atoms. The van der Waals surface area contributed by atoms with Gasteiger partial charge in [0.2, 0.25) is 0 Å². The van der Waals surface area contributed by atoms with Crippen LogP contribution in [0.2, 0.25) is 26.2 Å². The van der Waals surface area contributed by atoms with Crippen LogP contribution in [0.1, 0.15) is 40.5 Å². The molecule has 0 radical (unpaired) electrons. The van der Waals surface area contributed by atoms with Crippen LogP contribution in [0.15, 0.2) is 0 Å². The SMILES string of the molecule is CC(C)CCCO[Si](C)(C)O[Si](C)(C)OCC(C)C. The average Bonchev–Trinajstić information content (AvgIpc) is 2.20. The van der Waals surface area contributed by atoms with E-state index in [1.54, 1.807) is 0 Å². The fraction of sp³-hybridized carbons (Fsp3) is 1.00. The van der Waals surface area contributed by atoms with Crippen LogP contribution in [0.4, 0.5) is 0 Å². The number of hydrogen-bond donors (Lipinski definition) is 0. The van der Waals surface area contributed by atoms with Crippen LogP contribution in [-0.2, 0) is 13.0 Å². The highest BCUT2D eigenvalue weighted by molar-refractivity contribution is 6.78. The van der Waals surface area contributed by atoms with Crippen molar-refractivity contribution in [3.63, 3.8) is 0 Å². The maximum absolute atomic E-state index is 6.22. The molecule has 5 heteroatoms. The molecule has 0 amide bonds. The summed E-state index contributed by atoms with van der Waals surface area (Å²) in [5.74, 6) is 1.29. The first-order valence-electron chi connectivity index (χ1n) is 7.52. The van der Waals surface area contributed by atoms with Crippen molar-refractivity contribution in [3.8, 4) is 0 Å². The summed E-state index contributed by atoms with van der Waals surface area (Å²) >= 11 is 0. The molecule has 0 aliphatic carbocycles. The maximum atomic E-state index is 6.22. The van der Waals surface area contributed by atoms with Gasteiger partial charge in [0.15, 0.2) is 0 Å². The van der Waals surface area contributed by atoms with Crippen LogP contribution in [0.5, 0.6) is 0 Å². The van der Waals surface area contributed by atoms with Gasteiger partial charge in [0, 0.05) is 13.2 Å². The van der Waals surface area contributed by atoms with Crippen LogP contribution >= 0.6 is 0 Å². The van der Waals surface area contributed by atoms with Crippen LogP contribution in [0.3, 0.4) is 0 Å². The number of hydrogen-bond acceptors (Lipinski definition) is 3. The first-order chi connectivity index (χ1) is 8.54. The van der Waals surface area contributed by atoms with Crippen molar-refractivity contribution >= 4 is 17.1 Å². The molecule has 3 nitrogen and oxygen atoms in total. The van der Waals surface area contributed by atoms with Gasteiger partial charge in [-0.25, -0.2) is 0 Å². The molecule has 0 aliphatic heterocycles. The largest absolute Gasteiger partial charge is 0.415 e. The van der Waals surface area contributed by atoms with E-state index in [2.05, 4.69) is 53.9 Å². The third kappa shape index (κ3) is 11.8. The molecule has 0 saturated carbocycles. The molecule has 19 heavy (non-hydrogen) atoms. The molecule has 0 aromatic heterocycles. The zero-order chi connectivity index (χ0) is 15.1. The third-order valence-electron chi connectivity index (χ3n) is 2.63. The van der Waals surface area contributed by atoms with Gasteiger partial charge in [0.1, 0.15) is 0 Å². The first-order valence-corrected chi connectivity index (χ1v) is 13.2. The van der Waals surface area contributed by atoms with Crippen molar-refractivity contribution in [3.05, 3.63) is 0 Å². The predicted octanol–water partition coefficient (Wildman–Crippen LogP) is 4.53. The van der Waals surface area contributed by atoms with Gasteiger partial charge in [-0.3, -0.25) is 0 Å². The van der Waals surface area contributed by atoms with E-state index < -0.39 is 17.1 Å². The molecule has 0 rings (SSSR count). The van der Waals surface area contributed by atoms with Crippen molar-refractivity contribution in [2.24, 2.45) is 11.8 Å². The summed E-state index contributed by atoms with van der Waals surface area (Å²) < 4.78 is 18.2. The van der Waals surface area contributed by atoms with Gasteiger partial charge in [-0.15, -0.1) is 0 Å². The Labute approximate surface area is 122 Å². The lowest BCUT2D eigenvalue weighted by Gasteiger charge is -2.33. The molecule has 116 valence electrons. The molecule has 0 N–H and O–H groups in total. The van der Waals surface area contributed by atoms with Crippen molar-refractivity contribution < 1.29 is 13.0 Å². The second kappa shape index (κ2) is 8.57. The van der Waals surface area contributed by atoms with E-state index in [1.807, 2.05) is 0 Å². The lowest BCUT2D eigenvalue weighted by Crippen LogP contribution is -2.49. The minimum atomic E-state index is -2.05. The van der Waals surface area contributed by atoms with E-state index in [0.717, 1.165) is 25.6 Å². The summed E-state index contributed by atoms with van der Waals surface area (Å²) in [6, 6.07) is 0.